The SMILES string of the molecule is CC(=O)c1cccc(SSc2ccc([N+](=O)[O-])c(C(=O)O)c2)c1. The summed E-state index contributed by atoms with van der Waals surface area (Å²) in [5, 5.41) is 19.9. The Morgan fingerprint density at radius 3 is 2.30 bits per heavy atom. The van der Waals surface area contributed by atoms with E-state index in [1.165, 1.54) is 46.7 Å². The Morgan fingerprint density at radius 2 is 1.74 bits per heavy atom. The molecule has 2 rings (SSSR count). The number of aromatic carboxylic acids is 1. The quantitative estimate of drug-likeness (QED) is 0.359. The number of carboxylic acids is 1. The summed E-state index contributed by atoms with van der Waals surface area (Å²) in [5.41, 5.74) is -0.200. The van der Waals surface area contributed by atoms with Crippen molar-refractivity contribution in [3.8, 4) is 0 Å². The number of Topliss-reactive ketones (excluding diaryl/α,β-unsaturated/α-hetero) is 1. The van der Waals surface area contributed by atoms with Crippen LogP contribution in [0.3, 0.4) is 0 Å². The molecule has 6 nitrogen and oxygen atoms in total. The normalized spacial score (nSPS) is 10.3. The molecule has 0 spiro atoms. The van der Waals surface area contributed by atoms with E-state index in [0.717, 1.165) is 4.90 Å². The number of hydrogen-bond donors (Lipinski definition) is 1. The van der Waals surface area contributed by atoms with Crippen LogP contribution in [0.4, 0.5) is 5.69 Å². The molecule has 1 N–H and O–H groups in total. The zero-order valence-electron chi connectivity index (χ0n) is 11.9. The number of nitro benzene ring substituents is 1. The molecule has 2 aromatic rings. The van der Waals surface area contributed by atoms with Crippen molar-refractivity contribution in [3.63, 3.8) is 0 Å². The summed E-state index contributed by atoms with van der Waals surface area (Å²) < 4.78 is 0. The Balaban J connectivity index is 2.19. The molecular weight excluding hydrogens is 338 g/mol. The fourth-order valence-corrected chi connectivity index (χ4v) is 3.75. The highest BCUT2D eigenvalue weighted by Crippen LogP contribution is 2.39. The van der Waals surface area contributed by atoms with Gasteiger partial charge in [0.15, 0.2) is 5.78 Å². The lowest BCUT2D eigenvalue weighted by molar-refractivity contribution is -0.385. The second-order valence-corrected chi connectivity index (χ2v) is 6.77. The minimum absolute atomic E-state index is 0.0408. The highest BCUT2D eigenvalue weighted by atomic mass is 33.1. The van der Waals surface area contributed by atoms with Gasteiger partial charge in [0.2, 0.25) is 0 Å². The molecule has 0 aliphatic carbocycles. The maximum absolute atomic E-state index is 11.3. The van der Waals surface area contributed by atoms with Crippen LogP contribution in [0.2, 0.25) is 0 Å². The van der Waals surface area contributed by atoms with E-state index in [9.17, 15) is 19.7 Å². The van der Waals surface area contributed by atoms with Crippen molar-refractivity contribution < 1.29 is 19.6 Å². The van der Waals surface area contributed by atoms with Gasteiger partial charge in [0.25, 0.3) is 5.69 Å². The van der Waals surface area contributed by atoms with E-state index in [2.05, 4.69) is 0 Å². The van der Waals surface area contributed by atoms with Crippen molar-refractivity contribution in [3.05, 3.63) is 63.7 Å². The first-order valence-electron chi connectivity index (χ1n) is 6.35. The number of hydrogen-bond acceptors (Lipinski definition) is 6. The van der Waals surface area contributed by atoms with Crippen molar-refractivity contribution in [2.24, 2.45) is 0 Å². The summed E-state index contributed by atoms with van der Waals surface area (Å²) in [7, 11) is 2.61. The number of carbonyl (C=O) groups is 2. The van der Waals surface area contributed by atoms with Gasteiger partial charge in [-0.15, -0.1) is 0 Å². The van der Waals surface area contributed by atoms with Crippen LogP contribution in [0, 0.1) is 10.1 Å². The molecule has 8 heteroatoms. The highest BCUT2D eigenvalue weighted by Gasteiger charge is 2.20. The molecule has 0 atom stereocenters. The van der Waals surface area contributed by atoms with Crippen LogP contribution in [0.15, 0.2) is 52.3 Å². The minimum Gasteiger partial charge on any atom is -0.477 e. The lowest BCUT2D eigenvalue weighted by Crippen LogP contribution is -2.02. The molecule has 0 aliphatic heterocycles. The molecule has 23 heavy (non-hydrogen) atoms. The van der Waals surface area contributed by atoms with Gasteiger partial charge >= 0.3 is 5.97 Å². The van der Waals surface area contributed by atoms with Crippen molar-refractivity contribution in [2.45, 2.75) is 16.7 Å². The van der Waals surface area contributed by atoms with Gasteiger partial charge < -0.3 is 5.11 Å². The maximum Gasteiger partial charge on any atom is 0.342 e. The van der Waals surface area contributed by atoms with Crippen LogP contribution in [0.25, 0.3) is 0 Å². The Bertz CT molecular complexity index is 791. The van der Waals surface area contributed by atoms with E-state index < -0.39 is 16.6 Å². The summed E-state index contributed by atoms with van der Waals surface area (Å²) in [6.45, 7) is 1.48. The standard InChI is InChI=1S/C15H11NO5S2/c1-9(17)10-3-2-4-11(7-10)22-23-12-5-6-14(16(20)21)13(8-12)15(18)19/h2-8H,1H3,(H,18,19). The van der Waals surface area contributed by atoms with Gasteiger partial charge in [-0.05, 0) is 31.2 Å². The number of rotatable bonds is 6. The molecule has 0 aromatic heterocycles. The largest absolute Gasteiger partial charge is 0.477 e. The first-order valence-corrected chi connectivity index (χ1v) is 8.50. The Kier molecular flexibility index (Phi) is 5.41. The minimum atomic E-state index is -1.34. The van der Waals surface area contributed by atoms with E-state index in [-0.39, 0.29) is 11.3 Å². The van der Waals surface area contributed by atoms with Gasteiger partial charge in [-0.3, -0.25) is 14.9 Å². The molecule has 0 bridgehead atoms. The molecule has 0 amide bonds. The fourth-order valence-electron chi connectivity index (χ4n) is 1.76. The Hall–Kier alpha value is -2.32. The van der Waals surface area contributed by atoms with Crippen molar-refractivity contribution in [2.75, 3.05) is 0 Å². The van der Waals surface area contributed by atoms with Crippen LogP contribution in [-0.2, 0) is 0 Å². The number of ketones is 1. The van der Waals surface area contributed by atoms with Gasteiger partial charge in [-0.2, -0.15) is 0 Å². The maximum atomic E-state index is 11.3. The molecule has 0 saturated carbocycles. The van der Waals surface area contributed by atoms with Gasteiger partial charge in [0, 0.05) is 21.4 Å². The van der Waals surface area contributed by atoms with E-state index in [1.54, 1.807) is 18.2 Å². The predicted octanol–water partition coefficient (Wildman–Crippen LogP) is 4.30. The number of nitrogens with zero attached hydrogens (tertiary/aromatic N) is 1. The van der Waals surface area contributed by atoms with Crippen LogP contribution >= 0.6 is 21.6 Å². The molecule has 0 fully saturated rings. The van der Waals surface area contributed by atoms with Gasteiger partial charge in [0.05, 0.1) is 4.92 Å². The third-order valence-electron chi connectivity index (χ3n) is 2.87. The molecular formula is C15H11NO5S2. The lowest BCUT2D eigenvalue weighted by Gasteiger charge is -2.04. The lowest BCUT2D eigenvalue weighted by atomic mass is 10.2. The molecule has 0 aliphatic rings. The van der Waals surface area contributed by atoms with E-state index in [0.29, 0.717) is 10.5 Å². The summed E-state index contributed by atoms with van der Waals surface area (Å²) >= 11 is 0. The third kappa shape index (κ3) is 4.33. The van der Waals surface area contributed by atoms with Crippen LogP contribution < -0.4 is 0 Å². The molecule has 0 heterocycles. The fraction of sp³-hybridized carbons (Fsp3) is 0.0667. The Labute approximate surface area is 139 Å². The van der Waals surface area contributed by atoms with Gasteiger partial charge in [0.1, 0.15) is 5.56 Å². The first-order chi connectivity index (χ1) is 10.9. The van der Waals surface area contributed by atoms with Crippen molar-refractivity contribution in [1.29, 1.82) is 0 Å². The second-order valence-electron chi connectivity index (χ2n) is 4.49. The topological polar surface area (TPSA) is 97.5 Å². The zero-order chi connectivity index (χ0) is 17.0. The van der Waals surface area contributed by atoms with Gasteiger partial charge in [-0.1, -0.05) is 33.7 Å². The molecule has 2 aromatic carbocycles. The first kappa shape index (κ1) is 17.0. The van der Waals surface area contributed by atoms with E-state index in [1.807, 2.05) is 6.07 Å². The molecule has 0 unspecified atom stereocenters. The summed E-state index contributed by atoms with van der Waals surface area (Å²) in [5.74, 6) is -1.39. The predicted molar refractivity (Wildman–Crippen MR) is 88.2 cm³/mol. The summed E-state index contributed by atoms with van der Waals surface area (Å²) in [6.07, 6.45) is 0. The van der Waals surface area contributed by atoms with E-state index in [4.69, 9.17) is 5.11 Å². The monoisotopic (exact) mass is 349 g/mol. The smallest absolute Gasteiger partial charge is 0.342 e. The zero-order valence-corrected chi connectivity index (χ0v) is 13.5. The third-order valence-corrected chi connectivity index (χ3v) is 5.25. The van der Waals surface area contributed by atoms with Crippen molar-refractivity contribution >= 4 is 39.0 Å². The number of nitro groups is 1. The summed E-state index contributed by atoms with van der Waals surface area (Å²) in [4.78, 5) is 34.0. The number of benzene rings is 2. The van der Waals surface area contributed by atoms with Crippen LogP contribution in [0.1, 0.15) is 27.6 Å². The average Bonchev–Trinajstić information content (AvgIpc) is 2.52. The van der Waals surface area contributed by atoms with Crippen molar-refractivity contribution in [1.82, 2.24) is 0 Å². The van der Waals surface area contributed by atoms with Gasteiger partial charge in [-0.25, -0.2) is 4.79 Å². The van der Waals surface area contributed by atoms with E-state index >= 15 is 0 Å². The molecule has 0 saturated heterocycles. The average molecular weight is 349 g/mol. The van der Waals surface area contributed by atoms with Crippen LogP contribution in [0.5, 0.6) is 0 Å². The number of carbonyl (C=O) groups excluding carboxylic acids is 1. The molecule has 118 valence electrons. The van der Waals surface area contributed by atoms with Crippen LogP contribution in [-0.4, -0.2) is 21.8 Å². The highest BCUT2D eigenvalue weighted by molar-refractivity contribution is 8.76. The Morgan fingerprint density at radius 1 is 1.09 bits per heavy atom. The summed E-state index contributed by atoms with van der Waals surface area (Å²) in [6, 6.07) is 11.0. The molecule has 0 radical (unpaired) electrons. The number of carboxylic acid groups (broad SMARTS) is 1. The second kappa shape index (κ2) is 7.30.